The zero-order valence-electron chi connectivity index (χ0n) is 10.2. The Balaban J connectivity index is 2.07. The molecule has 0 unspecified atom stereocenters. The van der Waals surface area contributed by atoms with Gasteiger partial charge in [-0.15, -0.1) is 0 Å². The Morgan fingerprint density at radius 3 is 2.76 bits per heavy atom. The van der Waals surface area contributed by atoms with Crippen LogP contribution in [0.3, 0.4) is 0 Å². The summed E-state index contributed by atoms with van der Waals surface area (Å²) in [5.74, 6) is -0.382. The van der Waals surface area contributed by atoms with E-state index >= 15 is 0 Å². The number of likely N-dealkylation sites (tertiary alicyclic amines) is 1. The summed E-state index contributed by atoms with van der Waals surface area (Å²) >= 11 is 0. The number of hydrogen-bond acceptors (Lipinski definition) is 5. The average Bonchev–Trinajstić information content (AvgIpc) is 2.63. The molecule has 2 aliphatic rings. The minimum atomic E-state index is -0.820. The van der Waals surface area contributed by atoms with Crippen LogP contribution in [0.1, 0.15) is 27.2 Å². The molecule has 96 valence electrons. The number of aliphatic hydroxyl groups is 1. The van der Waals surface area contributed by atoms with E-state index < -0.39 is 29.9 Å². The maximum absolute atomic E-state index is 11.9. The molecule has 0 radical (unpaired) electrons. The molecule has 0 spiro atoms. The highest BCUT2D eigenvalue weighted by Gasteiger charge is 2.51. The molecule has 17 heavy (non-hydrogen) atoms. The molecule has 2 fully saturated rings. The van der Waals surface area contributed by atoms with Gasteiger partial charge in [-0.25, -0.2) is 4.79 Å². The predicted octanol–water partition coefficient (Wildman–Crippen LogP) is 0.282. The molecule has 0 aromatic carbocycles. The van der Waals surface area contributed by atoms with Gasteiger partial charge in [-0.3, -0.25) is 9.69 Å². The zero-order valence-corrected chi connectivity index (χ0v) is 10.2. The summed E-state index contributed by atoms with van der Waals surface area (Å²) in [5, 5.41) is 9.71. The van der Waals surface area contributed by atoms with Crippen LogP contribution in [0.15, 0.2) is 0 Å². The van der Waals surface area contributed by atoms with E-state index in [0.29, 0.717) is 0 Å². The van der Waals surface area contributed by atoms with Crippen molar-refractivity contribution in [2.75, 3.05) is 6.54 Å². The Morgan fingerprint density at radius 2 is 2.18 bits per heavy atom. The van der Waals surface area contributed by atoms with E-state index in [-0.39, 0.29) is 18.9 Å². The van der Waals surface area contributed by atoms with E-state index in [9.17, 15) is 14.7 Å². The Hall–Kier alpha value is -1.30. The summed E-state index contributed by atoms with van der Waals surface area (Å²) in [7, 11) is 0. The van der Waals surface area contributed by atoms with Gasteiger partial charge in [0.1, 0.15) is 11.7 Å². The van der Waals surface area contributed by atoms with E-state index in [1.165, 1.54) is 4.90 Å². The molecule has 6 nitrogen and oxygen atoms in total. The molecule has 1 N–H and O–H groups in total. The molecule has 0 aromatic heterocycles. The third-order valence-electron chi connectivity index (χ3n) is 2.81. The van der Waals surface area contributed by atoms with E-state index in [0.717, 1.165) is 0 Å². The van der Waals surface area contributed by atoms with Gasteiger partial charge >= 0.3 is 12.1 Å². The standard InChI is InChI=1S/C11H17NO5/c1-11(2,3)17-10(15)12-5-7(13)9-6(12)4-8(14)16-9/h6-7,9,13H,4-5H2,1-3H3/t6-,7-,9+/m1/s1. The van der Waals surface area contributed by atoms with Crippen LogP contribution in [0.25, 0.3) is 0 Å². The number of aliphatic hydroxyl groups excluding tert-OH is 1. The summed E-state index contributed by atoms with van der Waals surface area (Å²) in [6, 6.07) is -0.396. The number of rotatable bonds is 0. The Bertz CT molecular complexity index is 348. The molecule has 0 aromatic rings. The molecular formula is C11H17NO5. The lowest BCUT2D eigenvalue weighted by Crippen LogP contribution is -2.41. The van der Waals surface area contributed by atoms with Crippen molar-refractivity contribution < 1.29 is 24.2 Å². The fourth-order valence-electron chi connectivity index (χ4n) is 2.16. The Morgan fingerprint density at radius 1 is 1.53 bits per heavy atom. The summed E-state index contributed by atoms with van der Waals surface area (Å²) in [6.45, 7) is 5.46. The van der Waals surface area contributed by atoms with Crippen LogP contribution in [0.5, 0.6) is 0 Å². The second-order valence-corrected chi connectivity index (χ2v) is 5.43. The largest absolute Gasteiger partial charge is 0.457 e. The van der Waals surface area contributed by atoms with Crippen LogP contribution in [0.2, 0.25) is 0 Å². The minimum Gasteiger partial charge on any atom is -0.457 e. The van der Waals surface area contributed by atoms with Crippen molar-refractivity contribution in [3.63, 3.8) is 0 Å². The molecule has 0 aliphatic carbocycles. The van der Waals surface area contributed by atoms with Crippen LogP contribution in [-0.4, -0.2) is 52.5 Å². The van der Waals surface area contributed by atoms with Crippen molar-refractivity contribution in [3.05, 3.63) is 0 Å². The number of β-amino-alcohol motifs (C(OH)–C–C–N with tert-alkyl or cyclic N) is 1. The normalized spacial score (nSPS) is 32.4. The molecule has 2 saturated heterocycles. The molecule has 3 atom stereocenters. The molecule has 0 saturated carbocycles. The maximum atomic E-state index is 11.9. The second-order valence-electron chi connectivity index (χ2n) is 5.43. The first-order valence-electron chi connectivity index (χ1n) is 5.65. The highest BCUT2D eigenvalue weighted by molar-refractivity contribution is 5.76. The van der Waals surface area contributed by atoms with Gasteiger partial charge in [-0.05, 0) is 20.8 Å². The van der Waals surface area contributed by atoms with E-state index in [1.54, 1.807) is 20.8 Å². The minimum absolute atomic E-state index is 0.126. The van der Waals surface area contributed by atoms with Crippen molar-refractivity contribution in [2.24, 2.45) is 0 Å². The molecule has 2 rings (SSSR count). The van der Waals surface area contributed by atoms with Crippen LogP contribution in [-0.2, 0) is 14.3 Å². The van der Waals surface area contributed by atoms with Gasteiger partial charge in [0.25, 0.3) is 0 Å². The van der Waals surface area contributed by atoms with Gasteiger partial charge in [0.05, 0.1) is 19.0 Å². The van der Waals surface area contributed by atoms with Crippen LogP contribution in [0, 0.1) is 0 Å². The molecule has 2 aliphatic heterocycles. The number of ether oxygens (including phenoxy) is 2. The number of fused-ring (bicyclic) bond motifs is 1. The summed E-state index contributed by atoms with van der Waals surface area (Å²) in [4.78, 5) is 24.4. The van der Waals surface area contributed by atoms with Gasteiger partial charge < -0.3 is 14.6 Å². The number of nitrogens with zero attached hydrogens (tertiary/aromatic N) is 1. The van der Waals surface area contributed by atoms with Gasteiger partial charge in [-0.1, -0.05) is 0 Å². The van der Waals surface area contributed by atoms with Crippen LogP contribution >= 0.6 is 0 Å². The van der Waals surface area contributed by atoms with Crippen molar-refractivity contribution >= 4 is 12.1 Å². The number of hydrogen-bond donors (Lipinski definition) is 1. The molecule has 0 bridgehead atoms. The predicted molar refractivity (Wildman–Crippen MR) is 57.2 cm³/mol. The number of carbonyl (C=O) groups excluding carboxylic acids is 2. The molecular weight excluding hydrogens is 226 g/mol. The van der Waals surface area contributed by atoms with E-state index in [2.05, 4.69) is 0 Å². The monoisotopic (exact) mass is 243 g/mol. The summed E-state index contributed by atoms with van der Waals surface area (Å²) < 4.78 is 10.2. The smallest absolute Gasteiger partial charge is 0.410 e. The quantitative estimate of drug-likeness (QED) is 0.618. The fraction of sp³-hybridized carbons (Fsp3) is 0.818. The first-order valence-corrected chi connectivity index (χ1v) is 5.65. The summed E-state index contributed by atoms with van der Waals surface area (Å²) in [5.41, 5.74) is -0.594. The van der Waals surface area contributed by atoms with Gasteiger partial charge in [-0.2, -0.15) is 0 Å². The highest BCUT2D eigenvalue weighted by atomic mass is 16.6. The zero-order chi connectivity index (χ0) is 12.8. The van der Waals surface area contributed by atoms with E-state index in [4.69, 9.17) is 9.47 Å². The van der Waals surface area contributed by atoms with Crippen LogP contribution < -0.4 is 0 Å². The highest BCUT2D eigenvalue weighted by Crippen LogP contribution is 2.31. The van der Waals surface area contributed by atoms with Crippen molar-refractivity contribution in [1.82, 2.24) is 4.90 Å². The third-order valence-corrected chi connectivity index (χ3v) is 2.81. The van der Waals surface area contributed by atoms with Crippen molar-refractivity contribution in [3.8, 4) is 0 Å². The first kappa shape index (κ1) is 12.2. The number of amides is 1. The molecule has 2 heterocycles. The fourth-order valence-corrected chi connectivity index (χ4v) is 2.16. The first-order chi connectivity index (χ1) is 7.78. The lowest BCUT2D eigenvalue weighted by molar-refractivity contribution is -0.144. The second kappa shape index (κ2) is 3.87. The topological polar surface area (TPSA) is 76.1 Å². The maximum Gasteiger partial charge on any atom is 0.410 e. The van der Waals surface area contributed by atoms with Crippen LogP contribution in [0.4, 0.5) is 4.79 Å². The number of carbonyl (C=O) groups is 2. The SMILES string of the molecule is CC(C)(C)OC(=O)N1C[C@@H](O)[C@H]2OC(=O)C[C@H]21. The molecule has 1 amide bonds. The lowest BCUT2D eigenvalue weighted by Gasteiger charge is -2.26. The van der Waals surface area contributed by atoms with Gasteiger partial charge in [0, 0.05) is 0 Å². The third kappa shape index (κ3) is 2.36. The van der Waals surface area contributed by atoms with Crippen molar-refractivity contribution in [2.45, 2.75) is 51.0 Å². The Labute approximate surface area is 99.5 Å². The van der Waals surface area contributed by atoms with E-state index in [1.807, 2.05) is 0 Å². The number of esters is 1. The van der Waals surface area contributed by atoms with Gasteiger partial charge in [0.2, 0.25) is 0 Å². The summed E-state index contributed by atoms with van der Waals surface area (Å²) in [6.07, 6.45) is -1.81. The Kier molecular flexibility index (Phi) is 2.77. The molecule has 6 heteroatoms. The van der Waals surface area contributed by atoms with Crippen molar-refractivity contribution in [1.29, 1.82) is 0 Å². The van der Waals surface area contributed by atoms with Gasteiger partial charge in [0.15, 0.2) is 6.10 Å². The average molecular weight is 243 g/mol. The lowest BCUT2D eigenvalue weighted by atomic mass is 10.1.